The quantitative estimate of drug-likeness (QED) is 0.422. The normalized spacial score (nSPS) is 52.6. The number of hydrogen-bond donors (Lipinski definition) is 0. The van der Waals surface area contributed by atoms with Gasteiger partial charge in [0.1, 0.15) is 0 Å². The van der Waals surface area contributed by atoms with Crippen LogP contribution in [0.2, 0.25) is 0 Å². The molecule has 168 valence electrons. The minimum atomic E-state index is 0.519. The maximum atomic E-state index is 6.29. The van der Waals surface area contributed by atoms with Crippen molar-refractivity contribution in [1.82, 2.24) is 0 Å². The predicted octanol–water partition coefficient (Wildman–Crippen LogP) is 7.67. The van der Waals surface area contributed by atoms with E-state index in [1.165, 1.54) is 56.9 Å². The lowest BCUT2D eigenvalue weighted by atomic mass is 9.45. The van der Waals surface area contributed by atoms with Gasteiger partial charge in [-0.25, -0.2) is 0 Å². The van der Waals surface area contributed by atoms with E-state index in [4.69, 9.17) is 4.74 Å². The molecule has 0 aliphatic heterocycles. The van der Waals surface area contributed by atoms with Gasteiger partial charge < -0.3 is 4.74 Å². The SMILES string of the molecule is C=C(/C=C/[C@@H](C)[C@H]1CC[C@H]2[C@@H]3C[C@@H](OC)[C@]45C[C@H]4CC[C@]5(C)[C@H]3CC[C@]12C)C(C)C. The standard InChI is InChI=1S/C29H46O/c1-18(2)19(3)8-9-20(4)23-10-11-24-22-16-26(30-7)29-17-21(29)12-15-28(29,6)25(22)13-14-27(23,24)5/h8-9,18,20-26H,3,10-17H2,1-2,4-7H3/b9-8+/t20-,21-,22+,23-,24+,25+,26-,27-,28-,29+/m1/s1. The van der Waals surface area contributed by atoms with E-state index in [-0.39, 0.29) is 0 Å². The molecule has 0 aromatic rings. The van der Waals surface area contributed by atoms with Gasteiger partial charge in [-0.05, 0) is 104 Å². The molecule has 0 heterocycles. The van der Waals surface area contributed by atoms with Gasteiger partial charge in [-0.3, -0.25) is 0 Å². The number of methoxy groups -OCH3 is 1. The zero-order valence-corrected chi connectivity index (χ0v) is 20.5. The molecule has 5 fully saturated rings. The molecule has 0 saturated heterocycles. The van der Waals surface area contributed by atoms with Gasteiger partial charge in [0.15, 0.2) is 0 Å². The van der Waals surface area contributed by atoms with E-state index < -0.39 is 0 Å². The second-order valence-electron chi connectivity index (χ2n) is 12.9. The summed E-state index contributed by atoms with van der Waals surface area (Å²) < 4.78 is 6.29. The Kier molecular flexibility index (Phi) is 4.95. The van der Waals surface area contributed by atoms with Crippen molar-refractivity contribution in [2.24, 2.45) is 57.7 Å². The monoisotopic (exact) mass is 410 g/mol. The predicted molar refractivity (Wildman–Crippen MR) is 126 cm³/mol. The van der Waals surface area contributed by atoms with Crippen LogP contribution in [0.4, 0.5) is 0 Å². The van der Waals surface area contributed by atoms with E-state index >= 15 is 0 Å². The summed E-state index contributed by atoms with van der Waals surface area (Å²) in [4.78, 5) is 0. The fourth-order valence-corrected chi connectivity index (χ4v) is 10.1. The summed E-state index contributed by atoms with van der Waals surface area (Å²) >= 11 is 0. The van der Waals surface area contributed by atoms with E-state index in [1.807, 2.05) is 7.11 Å². The first-order valence-electron chi connectivity index (χ1n) is 13.1. The van der Waals surface area contributed by atoms with Crippen LogP contribution >= 0.6 is 0 Å². The van der Waals surface area contributed by atoms with Crippen molar-refractivity contribution in [2.75, 3.05) is 7.11 Å². The van der Waals surface area contributed by atoms with Gasteiger partial charge in [0.25, 0.3) is 0 Å². The lowest BCUT2D eigenvalue weighted by Crippen LogP contribution is -2.57. The maximum absolute atomic E-state index is 6.29. The molecule has 0 radical (unpaired) electrons. The first-order valence-corrected chi connectivity index (χ1v) is 13.1. The molecule has 0 aromatic carbocycles. The third kappa shape index (κ3) is 2.63. The molecular formula is C29H46O. The van der Waals surface area contributed by atoms with Gasteiger partial charge in [-0.15, -0.1) is 0 Å². The molecule has 0 unspecified atom stereocenters. The minimum Gasteiger partial charge on any atom is -0.381 e. The van der Waals surface area contributed by atoms with E-state index in [9.17, 15) is 0 Å². The molecule has 1 spiro atoms. The van der Waals surface area contributed by atoms with E-state index in [0.717, 1.165) is 29.6 Å². The number of fused-ring (bicyclic) bond motifs is 4. The Labute approximate surface area is 186 Å². The molecule has 0 N–H and O–H groups in total. The van der Waals surface area contributed by atoms with Crippen molar-refractivity contribution < 1.29 is 4.74 Å². The van der Waals surface area contributed by atoms with E-state index in [0.29, 0.717) is 34.2 Å². The first kappa shape index (κ1) is 21.3. The van der Waals surface area contributed by atoms with Crippen LogP contribution in [0.5, 0.6) is 0 Å². The Morgan fingerprint density at radius 3 is 2.47 bits per heavy atom. The largest absolute Gasteiger partial charge is 0.381 e. The van der Waals surface area contributed by atoms with Crippen LogP contribution in [0.25, 0.3) is 0 Å². The third-order valence-electron chi connectivity index (χ3n) is 11.9. The Morgan fingerprint density at radius 2 is 1.80 bits per heavy atom. The first-order chi connectivity index (χ1) is 14.2. The molecule has 1 heteroatoms. The molecule has 30 heavy (non-hydrogen) atoms. The van der Waals surface area contributed by atoms with Crippen molar-refractivity contribution in [3.8, 4) is 0 Å². The highest BCUT2D eigenvalue weighted by Gasteiger charge is 2.77. The molecule has 10 atom stereocenters. The zero-order chi connectivity index (χ0) is 21.5. The van der Waals surface area contributed by atoms with Crippen LogP contribution in [-0.4, -0.2) is 13.2 Å². The number of rotatable bonds is 5. The lowest BCUT2D eigenvalue weighted by Gasteiger charge is -2.61. The smallest absolute Gasteiger partial charge is 0.0638 e. The van der Waals surface area contributed by atoms with Crippen LogP contribution in [0.3, 0.4) is 0 Å². The average molecular weight is 411 g/mol. The van der Waals surface area contributed by atoms with Crippen molar-refractivity contribution in [2.45, 2.75) is 92.1 Å². The Balaban J connectivity index is 1.39. The van der Waals surface area contributed by atoms with Crippen LogP contribution in [0.1, 0.15) is 86.0 Å². The Hall–Kier alpha value is -0.560. The fourth-order valence-electron chi connectivity index (χ4n) is 10.1. The van der Waals surface area contributed by atoms with Crippen LogP contribution in [-0.2, 0) is 4.74 Å². The summed E-state index contributed by atoms with van der Waals surface area (Å²) in [6, 6.07) is 0. The van der Waals surface area contributed by atoms with Crippen molar-refractivity contribution in [3.05, 3.63) is 24.3 Å². The Morgan fingerprint density at radius 1 is 1.03 bits per heavy atom. The second-order valence-corrected chi connectivity index (χ2v) is 12.9. The number of allylic oxidation sites excluding steroid dienone is 3. The topological polar surface area (TPSA) is 9.23 Å². The van der Waals surface area contributed by atoms with Crippen molar-refractivity contribution in [1.29, 1.82) is 0 Å². The molecule has 0 aromatic heterocycles. The summed E-state index contributed by atoms with van der Waals surface area (Å²) in [5.74, 6) is 5.80. The molecular weight excluding hydrogens is 364 g/mol. The fraction of sp³-hybridized carbons (Fsp3) is 0.862. The highest BCUT2D eigenvalue weighted by Crippen LogP contribution is 2.82. The minimum absolute atomic E-state index is 0.519. The summed E-state index contributed by atoms with van der Waals surface area (Å²) in [5.41, 5.74) is 2.91. The van der Waals surface area contributed by atoms with Crippen molar-refractivity contribution in [3.63, 3.8) is 0 Å². The van der Waals surface area contributed by atoms with Crippen LogP contribution in [0, 0.1) is 57.7 Å². The summed E-state index contributed by atoms with van der Waals surface area (Å²) in [5, 5.41) is 0. The summed E-state index contributed by atoms with van der Waals surface area (Å²) in [7, 11) is 2.02. The molecule has 5 aliphatic rings. The van der Waals surface area contributed by atoms with Crippen molar-refractivity contribution >= 4 is 0 Å². The number of ether oxygens (including phenoxy) is 1. The van der Waals surface area contributed by atoms with Gasteiger partial charge in [0.05, 0.1) is 6.10 Å². The van der Waals surface area contributed by atoms with Gasteiger partial charge in [-0.2, -0.15) is 0 Å². The molecule has 5 rings (SSSR count). The Bertz CT molecular complexity index is 735. The highest BCUT2D eigenvalue weighted by atomic mass is 16.5. The zero-order valence-electron chi connectivity index (χ0n) is 20.5. The molecule has 5 saturated carbocycles. The molecule has 0 amide bonds. The third-order valence-corrected chi connectivity index (χ3v) is 11.9. The van der Waals surface area contributed by atoms with Gasteiger partial charge in [-0.1, -0.05) is 58.9 Å². The van der Waals surface area contributed by atoms with Gasteiger partial charge in [0.2, 0.25) is 0 Å². The molecule has 5 aliphatic carbocycles. The maximum Gasteiger partial charge on any atom is 0.0638 e. The van der Waals surface area contributed by atoms with Gasteiger partial charge in [0, 0.05) is 12.5 Å². The van der Waals surface area contributed by atoms with Crippen LogP contribution < -0.4 is 0 Å². The van der Waals surface area contributed by atoms with Crippen LogP contribution in [0.15, 0.2) is 24.3 Å². The van der Waals surface area contributed by atoms with E-state index in [2.05, 4.69) is 53.3 Å². The molecule has 1 nitrogen and oxygen atoms in total. The summed E-state index contributed by atoms with van der Waals surface area (Å²) in [6.07, 6.45) is 16.9. The lowest BCUT2D eigenvalue weighted by molar-refractivity contribution is -0.160. The molecule has 0 bridgehead atoms. The average Bonchev–Trinajstić information content (AvgIpc) is 3.22. The summed E-state index contributed by atoms with van der Waals surface area (Å²) in [6.45, 7) is 16.6. The van der Waals surface area contributed by atoms with E-state index in [1.54, 1.807) is 0 Å². The second kappa shape index (κ2) is 6.97. The highest BCUT2D eigenvalue weighted by molar-refractivity contribution is 5.26. The van der Waals surface area contributed by atoms with Gasteiger partial charge >= 0.3 is 0 Å². The number of hydrogen-bond acceptors (Lipinski definition) is 1.